The SMILES string of the molecule is ONN1CCSCC1. The average molecular weight is 134 g/mol. The molecule has 1 aliphatic rings. The van der Waals surface area contributed by atoms with Crippen LogP contribution in [-0.4, -0.2) is 34.8 Å². The summed E-state index contributed by atoms with van der Waals surface area (Å²) in [7, 11) is 0. The molecule has 0 radical (unpaired) electrons. The van der Waals surface area contributed by atoms with Crippen LogP contribution in [0.2, 0.25) is 0 Å². The van der Waals surface area contributed by atoms with Crippen LogP contribution < -0.4 is 5.59 Å². The maximum Gasteiger partial charge on any atom is 0.0244 e. The third-order valence-corrected chi connectivity index (χ3v) is 2.10. The molecule has 8 heavy (non-hydrogen) atoms. The molecular weight excluding hydrogens is 124 g/mol. The number of nitrogens with zero attached hydrogens (tertiary/aromatic N) is 1. The first-order valence-corrected chi connectivity index (χ1v) is 3.81. The molecule has 0 aromatic carbocycles. The predicted octanol–water partition coefficient (Wildman–Crippen LogP) is -0.0710. The molecule has 0 bridgehead atoms. The van der Waals surface area contributed by atoms with Crippen molar-refractivity contribution in [1.29, 1.82) is 0 Å². The van der Waals surface area contributed by atoms with E-state index in [-0.39, 0.29) is 0 Å². The molecule has 0 spiro atoms. The minimum atomic E-state index is 0.946. The first kappa shape index (κ1) is 6.35. The standard InChI is InChI=1S/C4H10N2OS/c7-5-6-1-3-8-4-2-6/h5,7H,1-4H2. The normalized spacial score (nSPS) is 23.6. The van der Waals surface area contributed by atoms with Crippen LogP contribution in [0.3, 0.4) is 0 Å². The van der Waals surface area contributed by atoms with Crippen LogP contribution in [0.1, 0.15) is 0 Å². The topological polar surface area (TPSA) is 35.5 Å². The monoisotopic (exact) mass is 134 g/mol. The zero-order chi connectivity index (χ0) is 5.82. The van der Waals surface area contributed by atoms with Gasteiger partial charge in [-0.1, -0.05) is 0 Å². The Morgan fingerprint density at radius 3 is 2.38 bits per heavy atom. The van der Waals surface area contributed by atoms with Crippen LogP contribution >= 0.6 is 11.8 Å². The van der Waals surface area contributed by atoms with E-state index in [9.17, 15) is 0 Å². The lowest BCUT2D eigenvalue weighted by molar-refractivity contribution is -0.0128. The second-order valence-corrected chi connectivity index (χ2v) is 2.92. The first-order chi connectivity index (χ1) is 3.93. The maximum atomic E-state index is 8.36. The number of thioether (sulfide) groups is 1. The largest absolute Gasteiger partial charge is 0.302 e. The van der Waals surface area contributed by atoms with Gasteiger partial charge < -0.3 is 5.21 Å². The van der Waals surface area contributed by atoms with Gasteiger partial charge in [0.2, 0.25) is 0 Å². The fourth-order valence-electron chi connectivity index (χ4n) is 0.663. The molecule has 2 N–H and O–H groups in total. The molecule has 0 aromatic heterocycles. The van der Waals surface area contributed by atoms with E-state index in [1.807, 2.05) is 11.8 Å². The summed E-state index contributed by atoms with van der Waals surface area (Å²) in [4.78, 5) is 0. The zero-order valence-electron chi connectivity index (χ0n) is 4.63. The van der Waals surface area contributed by atoms with Gasteiger partial charge in [0.05, 0.1) is 0 Å². The fraction of sp³-hybridized carbons (Fsp3) is 1.00. The van der Waals surface area contributed by atoms with Crippen molar-refractivity contribution in [3.05, 3.63) is 0 Å². The number of hydrazine groups is 1. The summed E-state index contributed by atoms with van der Waals surface area (Å²) in [6.45, 7) is 1.89. The van der Waals surface area contributed by atoms with Crippen molar-refractivity contribution in [2.24, 2.45) is 0 Å². The lowest BCUT2D eigenvalue weighted by atomic mass is 10.6. The van der Waals surface area contributed by atoms with Gasteiger partial charge in [0.15, 0.2) is 0 Å². The number of hydrogen-bond acceptors (Lipinski definition) is 4. The molecule has 0 unspecified atom stereocenters. The lowest BCUT2D eigenvalue weighted by Gasteiger charge is -2.23. The van der Waals surface area contributed by atoms with Crippen molar-refractivity contribution in [2.75, 3.05) is 24.6 Å². The molecule has 0 atom stereocenters. The minimum Gasteiger partial charge on any atom is -0.302 e. The summed E-state index contributed by atoms with van der Waals surface area (Å²) in [5, 5.41) is 10.2. The van der Waals surface area contributed by atoms with Gasteiger partial charge in [0.1, 0.15) is 0 Å². The van der Waals surface area contributed by atoms with Crippen molar-refractivity contribution in [2.45, 2.75) is 0 Å². The van der Waals surface area contributed by atoms with Crippen molar-refractivity contribution in [3.8, 4) is 0 Å². The smallest absolute Gasteiger partial charge is 0.0244 e. The average Bonchev–Trinajstić information content (AvgIpc) is 1.90. The molecule has 1 rings (SSSR count). The van der Waals surface area contributed by atoms with E-state index in [0.717, 1.165) is 24.6 Å². The Labute approximate surface area is 53.0 Å². The summed E-state index contributed by atoms with van der Waals surface area (Å²) in [6.07, 6.45) is 0. The van der Waals surface area contributed by atoms with E-state index in [0.29, 0.717) is 0 Å². The maximum absolute atomic E-state index is 8.36. The Balaban J connectivity index is 2.13. The van der Waals surface area contributed by atoms with Crippen LogP contribution in [0.4, 0.5) is 0 Å². The molecule has 1 aliphatic heterocycles. The molecule has 1 heterocycles. The Kier molecular flexibility index (Phi) is 2.62. The van der Waals surface area contributed by atoms with Gasteiger partial charge in [-0.05, 0) is 0 Å². The molecule has 1 saturated heterocycles. The highest BCUT2D eigenvalue weighted by atomic mass is 32.2. The molecule has 0 amide bonds. The van der Waals surface area contributed by atoms with E-state index in [1.165, 1.54) is 0 Å². The molecule has 48 valence electrons. The third kappa shape index (κ3) is 1.63. The predicted molar refractivity (Wildman–Crippen MR) is 33.8 cm³/mol. The number of nitrogens with one attached hydrogen (secondary N) is 1. The Morgan fingerprint density at radius 1 is 1.38 bits per heavy atom. The van der Waals surface area contributed by atoms with Gasteiger partial charge >= 0.3 is 0 Å². The van der Waals surface area contributed by atoms with E-state index < -0.39 is 0 Å². The van der Waals surface area contributed by atoms with Crippen molar-refractivity contribution >= 4 is 11.8 Å². The van der Waals surface area contributed by atoms with Crippen LogP contribution in [-0.2, 0) is 0 Å². The van der Waals surface area contributed by atoms with E-state index in [2.05, 4.69) is 5.59 Å². The molecular formula is C4H10N2OS. The van der Waals surface area contributed by atoms with Crippen LogP contribution in [0.25, 0.3) is 0 Å². The molecule has 3 nitrogen and oxygen atoms in total. The first-order valence-electron chi connectivity index (χ1n) is 2.66. The van der Waals surface area contributed by atoms with E-state index in [4.69, 9.17) is 5.21 Å². The number of hydrogen-bond donors (Lipinski definition) is 2. The molecule has 1 fully saturated rings. The van der Waals surface area contributed by atoms with Crippen LogP contribution in [0, 0.1) is 0 Å². The van der Waals surface area contributed by atoms with Gasteiger partial charge in [0.25, 0.3) is 0 Å². The van der Waals surface area contributed by atoms with E-state index in [1.54, 1.807) is 5.01 Å². The van der Waals surface area contributed by atoms with Crippen molar-refractivity contribution in [3.63, 3.8) is 0 Å². The highest BCUT2D eigenvalue weighted by Gasteiger charge is 2.06. The van der Waals surface area contributed by atoms with Gasteiger partial charge in [-0.15, -0.1) is 5.59 Å². The third-order valence-electron chi connectivity index (χ3n) is 1.15. The summed E-state index contributed by atoms with van der Waals surface area (Å²) >= 11 is 1.92. The quantitative estimate of drug-likeness (QED) is 0.492. The van der Waals surface area contributed by atoms with E-state index >= 15 is 0 Å². The Hall–Kier alpha value is 0.230. The molecule has 0 saturated carbocycles. The fourth-order valence-corrected chi connectivity index (χ4v) is 1.57. The number of rotatable bonds is 1. The lowest BCUT2D eigenvalue weighted by Crippen LogP contribution is -2.41. The van der Waals surface area contributed by atoms with Crippen LogP contribution in [0.15, 0.2) is 0 Å². The van der Waals surface area contributed by atoms with Crippen molar-refractivity contribution in [1.82, 2.24) is 10.6 Å². The van der Waals surface area contributed by atoms with Gasteiger partial charge in [-0.3, -0.25) is 0 Å². The molecule has 0 aromatic rings. The molecule has 0 aliphatic carbocycles. The summed E-state index contributed by atoms with van der Waals surface area (Å²) in [5.41, 5.74) is 2.12. The van der Waals surface area contributed by atoms with Crippen LogP contribution in [0.5, 0.6) is 0 Å². The summed E-state index contributed by atoms with van der Waals surface area (Å²) in [5.74, 6) is 2.24. The summed E-state index contributed by atoms with van der Waals surface area (Å²) < 4.78 is 0. The zero-order valence-corrected chi connectivity index (χ0v) is 5.45. The van der Waals surface area contributed by atoms with Gasteiger partial charge in [-0.25, -0.2) is 5.01 Å². The van der Waals surface area contributed by atoms with Crippen molar-refractivity contribution < 1.29 is 5.21 Å². The van der Waals surface area contributed by atoms with Gasteiger partial charge in [-0.2, -0.15) is 11.8 Å². The second kappa shape index (κ2) is 3.29. The Morgan fingerprint density at radius 2 is 2.00 bits per heavy atom. The second-order valence-electron chi connectivity index (χ2n) is 1.70. The summed E-state index contributed by atoms with van der Waals surface area (Å²) in [6, 6.07) is 0. The highest BCUT2D eigenvalue weighted by molar-refractivity contribution is 7.99. The highest BCUT2D eigenvalue weighted by Crippen LogP contribution is 2.05. The molecule has 4 heteroatoms. The minimum absolute atomic E-state index is 0.946. The Bertz CT molecular complexity index is 65.1. The van der Waals surface area contributed by atoms with Gasteiger partial charge in [0, 0.05) is 24.6 Å².